The van der Waals surface area contributed by atoms with Gasteiger partial charge in [0, 0.05) is 31.3 Å². The molecule has 1 saturated carbocycles. The van der Waals surface area contributed by atoms with Crippen LogP contribution in [0.1, 0.15) is 30.7 Å². The lowest BCUT2D eigenvalue weighted by atomic mass is 10.1. The molecule has 1 heterocycles. The zero-order chi connectivity index (χ0) is 22.6. The number of benzene rings is 1. The Labute approximate surface area is 179 Å². The molecule has 5 N–H and O–H groups in total. The van der Waals surface area contributed by atoms with Crippen molar-refractivity contribution in [3.05, 3.63) is 53.9 Å². The second-order valence-electron chi connectivity index (χ2n) is 7.21. The molecule has 0 bridgehead atoms. The van der Waals surface area contributed by atoms with E-state index in [4.69, 9.17) is 9.90 Å². The number of aliphatic hydroxyl groups excluding tert-OH is 1. The Morgan fingerprint density at radius 3 is 2.71 bits per heavy atom. The number of aromatic amines is 1. The Bertz CT molecular complexity index is 846. The third kappa shape index (κ3) is 7.82. The predicted molar refractivity (Wildman–Crippen MR) is 109 cm³/mol. The molecule has 1 aliphatic rings. The molecule has 3 rings (SSSR count). The maximum Gasteiger partial charge on any atom is 0.290 e. The molecule has 1 aromatic heterocycles. The van der Waals surface area contributed by atoms with Gasteiger partial charge < -0.3 is 25.8 Å². The van der Waals surface area contributed by atoms with E-state index in [0.717, 1.165) is 18.7 Å². The summed E-state index contributed by atoms with van der Waals surface area (Å²) in [6.07, 6.45) is 4.74. The largest absolute Gasteiger partial charge is 0.483 e. The number of H-pyrrole nitrogens is 1. The summed E-state index contributed by atoms with van der Waals surface area (Å²) >= 11 is 0. The number of imidazole rings is 1. The summed E-state index contributed by atoms with van der Waals surface area (Å²) in [6, 6.07) is 5.59. The molecule has 3 atom stereocenters. The van der Waals surface area contributed by atoms with Crippen molar-refractivity contribution in [2.75, 3.05) is 6.54 Å². The summed E-state index contributed by atoms with van der Waals surface area (Å²) < 4.78 is 13.7. The standard InChI is InChI=1S/C20H25FN4O3.CH2O2/c21-15-5-2-1-4-13(15)12-19(27)25-16-10-14(11-17(16)26)20(28)24-7-3-6-18-22-8-9-23-18;2-1-3/h1-2,4-5,8-9,14,16-17,26H,3,6-7,10-12H2,(H,22,23)(H,24,28)(H,25,27);1H,(H,2,3)/t14-,16+,17+;/m0./s1. The van der Waals surface area contributed by atoms with Crippen molar-refractivity contribution in [3.8, 4) is 0 Å². The van der Waals surface area contributed by atoms with Crippen molar-refractivity contribution in [3.63, 3.8) is 0 Å². The fraction of sp³-hybridized carbons (Fsp3) is 0.429. The van der Waals surface area contributed by atoms with Gasteiger partial charge in [0.25, 0.3) is 6.47 Å². The van der Waals surface area contributed by atoms with Gasteiger partial charge in [-0.25, -0.2) is 9.37 Å². The van der Waals surface area contributed by atoms with Crippen LogP contribution in [0, 0.1) is 11.7 Å². The molecule has 168 valence electrons. The first-order valence-electron chi connectivity index (χ1n) is 9.99. The molecule has 2 amide bonds. The maximum atomic E-state index is 13.7. The number of rotatable bonds is 8. The van der Waals surface area contributed by atoms with Gasteiger partial charge in [0.1, 0.15) is 11.6 Å². The van der Waals surface area contributed by atoms with Gasteiger partial charge in [0.15, 0.2) is 0 Å². The van der Waals surface area contributed by atoms with Gasteiger partial charge in [0.05, 0.1) is 18.6 Å². The fourth-order valence-corrected chi connectivity index (χ4v) is 3.50. The Morgan fingerprint density at radius 1 is 1.29 bits per heavy atom. The van der Waals surface area contributed by atoms with Crippen LogP contribution in [0.4, 0.5) is 4.39 Å². The highest BCUT2D eigenvalue weighted by Gasteiger charge is 2.37. The predicted octanol–water partition coefficient (Wildman–Crippen LogP) is 0.797. The van der Waals surface area contributed by atoms with Gasteiger partial charge in [-0.05, 0) is 30.9 Å². The summed E-state index contributed by atoms with van der Waals surface area (Å²) in [5.74, 6) is -0.394. The molecule has 31 heavy (non-hydrogen) atoms. The van der Waals surface area contributed by atoms with E-state index in [1.54, 1.807) is 30.6 Å². The SMILES string of the molecule is O=C(Cc1ccccc1F)N[C@@H]1C[C@H](C(=O)NCCCc2ncc[nH]2)C[C@H]1O.O=CO. The lowest BCUT2D eigenvalue weighted by Gasteiger charge is -2.16. The molecular formula is C21H27FN4O5. The van der Waals surface area contributed by atoms with Gasteiger partial charge in [-0.3, -0.25) is 14.4 Å². The average Bonchev–Trinajstić information content (AvgIpc) is 3.38. The Balaban J connectivity index is 0.00000107. The van der Waals surface area contributed by atoms with Crippen LogP contribution in [0.15, 0.2) is 36.7 Å². The third-order valence-corrected chi connectivity index (χ3v) is 5.00. The number of amides is 2. The highest BCUT2D eigenvalue weighted by atomic mass is 19.1. The zero-order valence-electron chi connectivity index (χ0n) is 17.0. The number of nitrogens with one attached hydrogen (secondary N) is 3. The monoisotopic (exact) mass is 434 g/mol. The Kier molecular flexibility index (Phi) is 9.63. The van der Waals surface area contributed by atoms with Gasteiger partial charge in [-0.1, -0.05) is 18.2 Å². The van der Waals surface area contributed by atoms with Gasteiger partial charge in [-0.15, -0.1) is 0 Å². The van der Waals surface area contributed by atoms with E-state index in [-0.39, 0.29) is 30.6 Å². The number of carboxylic acid groups (broad SMARTS) is 1. The lowest BCUT2D eigenvalue weighted by Crippen LogP contribution is -2.41. The van der Waals surface area contributed by atoms with Crippen molar-refractivity contribution in [1.82, 2.24) is 20.6 Å². The molecular weight excluding hydrogens is 407 g/mol. The molecule has 1 fully saturated rings. The van der Waals surface area contributed by atoms with Crippen LogP contribution >= 0.6 is 0 Å². The van der Waals surface area contributed by atoms with Crippen LogP contribution < -0.4 is 10.6 Å². The van der Waals surface area contributed by atoms with E-state index in [1.807, 2.05) is 0 Å². The highest BCUT2D eigenvalue weighted by Crippen LogP contribution is 2.26. The van der Waals surface area contributed by atoms with Gasteiger partial charge in [0.2, 0.25) is 11.8 Å². The fourth-order valence-electron chi connectivity index (χ4n) is 3.50. The molecule has 0 aliphatic heterocycles. The maximum absolute atomic E-state index is 13.7. The molecule has 9 nitrogen and oxygen atoms in total. The molecule has 2 aromatic rings. The molecule has 0 unspecified atom stereocenters. The summed E-state index contributed by atoms with van der Waals surface area (Å²) in [5, 5.41) is 22.7. The first-order chi connectivity index (χ1) is 14.9. The molecule has 1 aliphatic carbocycles. The van der Waals surface area contributed by atoms with Crippen molar-refractivity contribution < 1.29 is 29.0 Å². The van der Waals surface area contributed by atoms with Gasteiger partial charge in [-0.2, -0.15) is 0 Å². The summed E-state index contributed by atoms with van der Waals surface area (Å²) in [5.41, 5.74) is 0.304. The van der Waals surface area contributed by atoms with E-state index in [1.165, 1.54) is 6.07 Å². The van der Waals surface area contributed by atoms with E-state index in [0.29, 0.717) is 24.9 Å². The number of hydrogen-bond donors (Lipinski definition) is 5. The van der Waals surface area contributed by atoms with Crippen LogP contribution in [0.5, 0.6) is 0 Å². The molecule has 0 radical (unpaired) electrons. The van der Waals surface area contributed by atoms with Gasteiger partial charge >= 0.3 is 0 Å². The quantitative estimate of drug-likeness (QED) is 0.307. The second-order valence-corrected chi connectivity index (χ2v) is 7.21. The van der Waals surface area contributed by atoms with Crippen LogP contribution in [0.2, 0.25) is 0 Å². The summed E-state index contributed by atoms with van der Waals surface area (Å²) in [4.78, 5) is 40.0. The minimum Gasteiger partial charge on any atom is -0.483 e. The Morgan fingerprint density at radius 2 is 2.03 bits per heavy atom. The number of aryl methyl sites for hydroxylation is 1. The average molecular weight is 434 g/mol. The number of halogens is 1. The first kappa shape index (κ1) is 24.0. The molecule has 1 aromatic carbocycles. The summed E-state index contributed by atoms with van der Waals surface area (Å²) in [6.45, 7) is 0.274. The normalized spacial score (nSPS) is 19.7. The second kappa shape index (κ2) is 12.4. The topological polar surface area (TPSA) is 144 Å². The van der Waals surface area contributed by atoms with E-state index < -0.39 is 18.0 Å². The highest BCUT2D eigenvalue weighted by molar-refractivity contribution is 5.81. The molecule has 0 spiro atoms. The van der Waals surface area contributed by atoms with Crippen molar-refractivity contribution in [2.24, 2.45) is 5.92 Å². The molecule has 0 saturated heterocycles. The van der Waals surface area contributed by atoms with Crippen LogP contribution in [0.25, 0.3) is 0 Å². The number of carbonyl (C=O) groups excluding carboxylic acids is 2. The first-order valence-corrected chi connectivity index (χ1v) is 9.99. The number of aromatic nitrogens is 2. The zero-order valence-corrected chi connectivity index (χ0v) is 17.0. The van der Waals surface area contributed by atoms with Crippen molar-refractivity contribution in [2.45, 2.75) is 44.2 Å². The molecule has 10 heteroatoms. The Hall–Kier alpha value is -3.27. The van der Waals surface area contributed by atoms with E-state index >= 15 is 0 Å². The third-order valence-electron chi connectivity index (χ3n) is 5.00. The number of nitrogens with zero attached hydrogens (tertiary/aromatic N) is 1. The smallest absolute Gasteiger partial charge is 0.290 e. The van der Waals surface area contributed by atoms with E-state index in [9.17, 15) is 19.1 Å². The van der Waals surface area contributed by atoms with Crippen molar-refractivity contribution >= 4 is 18.3 Å². The lowest BCUT2D eigenvalue weighted by molar-refractivity contribution is -0.125. The number of carbonyl (C=O) groups is 3. The van der Waals surface area contributed by atoms with E-state index in [2.05, 4.69) is 20.6 Å². The van der Waals surface area contributed by atoms with Crippen LogP contribution in [-0.4, -0.2) is 57.2 Å². The minimum absolute atomic E-state index is 0.0977. The minimum atomic E-state index is -0.788. The van der Waals surface area contributed by atoms with Crippen LogP contribution in [-0.2, 0) is 27.2 Å². The summed E-state index contributed by atoms with van der Waals surface area (Å²) in [7, 11) is 0. The van der Waals surface area contributed by atoms with Crippen LogP contribution in [0.3, 0.4) is 0 Å². The number of hydrogen-bond acceptors (Lipinski definition) is 5. The number of aliphatic hydroxyl groups is 1. The van der Waals surface area contributed by atoms with Crippen molar-refractivity contribution in [1.29, 1.82) is 0 Å².